The van der Waals surface area contributed by atoms with Crippen LogP contribution in [0.2, 0.25) is 0 Å². The van der Waals surface area contributed by atoms with Crippen molar-refractivity contribution in [2.45, 2.75) is 13.5 Å². The number of Topliss-reactive ketones (excluding diaryl/α,β-unsaturated/α-hetero) is 1. The number of halogens is 1. The Labute approximate surface area is 115 Å². The van der Waals surface area contributed by atoms with Crippen LogP contribution in [0.1, 0.15) is 15.9 Å². The summed E-state index contributed by atoms with van der Waals surface area (Å²) in [7, 11) is 0. The molecule has 3 aromatic rings. The van der Waals surface area contributed by atoms with Gasteiger partial charge in [0.1, 0.15) is 5.82 Å². The van der Waals surface area contributed by atoms with Gasteiger partial charge in [0.2, 0.25) is 0 Å². The zero-order chi connectivity index (χ0) is 14.1. The molecule has 3 rings (SSSR count). The van der Waals surface area contributed by atoms with E-state index in [1.165, 1.54) is 6.07 Å². The van der Waals surface area contributed by atoms with Crippen molar-refractivity contribution >= 4 is 16.8 Å². The summed E-state index contributed by atoms with van der Waals surface area (Å²) in [5.41, 5.74) is 2.69. The van der Waals surface area contributed by atoms with Crippen molar-refractivity contribution in [1.29, 1.82) is 0 Å². The molecule has 1 heterocycles. The summed E-state index contributed by atoms with van der Waals surface area (Å²) in [5.74, 6) is -0.737. The zero-order valence-electron chi connectivity index (χ0n) is 11.0. The van der Waals surface area contributed by atoms with Crippen molar-refractivity contribution in [3.63, 3.8) is 0 Å². The number of ketones is 1. The number of carbonyl (C=O) groups is 1. The molecule has 4 heteroatoms. The van der Waals surface area contributed by atoms with Gasteiger partial charge in [0.15, 0.2) is 5.78 Å². The Balaban J connectivity index is 1.94. The highest BCUT2D eigenvalue weighted by Crippen LogP contribution is 2.15. The standard InChI is InChI=1S/C16H13FN2O/c1-11-6-7-13(17)12(8-11)16(20)9-19-10-18-14-4-2-3-5-15(14)19/h2-8,10H,9H2,1H3. The molecule has 0 atom stereocenters. The first-order chi connectivity index (χ1) is 9.65. The number of benzene rings is 2. The van der Waals surface area contributed by atoms with Crippen LogP contribution in [-0.2, 0) is 6.54 Å². The maximum atomic E-state index is 13.7. The Kier molecular flexibility index (Phi) is 3.06. The number of hydrogen-bond acceptors (Lipinski definition) is 2. The number of nitrogens with zero attached hydrogens (tertiary/aromatic N) is 2. The predicted octanol–water partition coefficient (Wildman–Crippen LogP) is 3.37. The van der Waals surface area contributed by atoms with Gasteiger partial charge in [0.25, 0.3) is 0 Å². The summed E-state index contributed by atoms with van der Waals surface area (Å²) in [6.45, 7) is 1.92. The largest absolute Gasteiger partial charge is 0.323 e. The third-order valence-corrected chi connectivity index (χ3v) is 3.26. The topological polar surface area (TPSA) is 34.9 Å². The molecule has 0 bridgehead atoms. The molecule has 0 saturated carbocycles. The SMILES string of the molecule is Cc1ccc(F)c(C(=O)Cn2cnc3ccccc32)c1. The second-order valence-corrected chi connectivity index (χ2v) is 4.77. The van der Waals surface area contributed by atoms with Crippen molar-refractivity contribution in [3.05, 3.63) is 65.7 Å². The van der Waals surface area contributed by atoms with Gasteiger partial charge in [-0.15, -0.1) is 0 Å². The van der Waals surface area contributed by atoms with Crippen molar-refractivity contribution in [2.24, 2.45) is 0 Å². The van der Waals surface area contributed by atoms with Gasteiger partial charge < -0.3 is 4.57 Å². The number of hydrogen-bond donors (Lipinski definition) is 0. The van der Waals surface area contributed by atoms with Gasteiger partial charge in [-0.05, 0) is 31.2 Å². The first kappa shape index (κ1) is 12.5. The van der Waals surface area contributed by atoms with E-state index in [0.717, 1.165) is 16.6 Å². The minimum absolute atomic E-state index is 0.0842. The molecule has 0 aliphatic carbocycles. The number of para-hydroxylation sites is 2. The normalized spacial score (nSPS) is 10.9. The van der Waals surface area contributed by atoms with Crippen molar-refractivity contribution in [1.82, 2.24) is 9.55 Å². The molecule has 0 unspecified atom stereocenters. The highest BCUT2D eigenvalue weighted by molar-refractivity contribution is 5.97. The van der Waals surface area contributed by atoms with E-state index < -0.39 is 5.82 Å². The lowest BCUT2D eigenvalue weighted by Gasteiger charge is -2.06. The summed E-state index contributed by atoms with van der Waals surface area (Å²) in [6, 6.07) is 12.1. The molecule has 0 aliphatic rings. The average molecular weight is 268 g/mol. The van der Waals surface area contributed by atoms with Crippen LogP contribution in [0.25, 0.3) is 11.0 Å². The fraction of sp³-hybridized carbons (Fsp3) is 0.125. The third kappa shape index (κ3) is 2.20. The molecule has 100 valence electrons. The van der Waals surface area contributed by atoms with E-state index in [1.807, 2.05) is 31.2 Å². The molecule has 3 nitrogen and oxygen atoms in total. The Hall–Kier alpha value is -2.49. The number of imidazole rings is 1. The molecule has 0 radical (unpaired) electrons. The third-order valence-electron chi connectivity index (χ3n) is 3.26. The monoisotopic (exact) mass is 268 g/mol. The number of aryl methyl sites for hydroxylation is 1. The summed E-state index contributed by atoms with van der Waals surface area (Å²) in [5, 5.41) is 0. The molecule has 0 amide bonds. The van der Waals surface area contributed by atoms with E-state index in [4.69, 9.17) is 0 Å². The predicted molar refractivity (Wildman–Crippen MR) is 75.2 cm³/mol. The highest BCUT2D eigenvalue weighted by Gasteiger charge is 2.13. The Morgan fingerprint density at radius 3 is 2.90 bits per heavy atom. The van der Waals surface area contributed by atoms with E-state index >= 15 is 0 Å². The lowest BCUT2D eigenvalue weighted by molar-refractivity contribution is 0.0969. The van der Waals surface area contributed by atoms with Crippen LogP contribution >= 0.6 is 0 Å². The van der Waals surface area contributed by atoms with Gasteiger partial charge >= 0.3 is 0 Å². The van der Waals surface area contributed by atoms with Crippen LogP contribution in [0.3, 0.4) is 0 Å². The molecule has 0 N–H and O–H groups in total. The van der Waals surface area contributed by atoms with Crippen molar-refractivity contribution in [3.8, 4) is 0 Å². The maximum Gasteiger partial charge on any atom is 0.185 e. The molecule has 0 aliphatic heterocycles. The molecule has 0 spiro atoms. The van der Waals surface area contributed by atoms with E-state index in [9.17, 15) is 9.18 Å². The van der Waals surface area contributed by atoms with Crippen molar-refractivity contribution < 1.29 is 9.18 Å². The molecular formula is C16H13FN2O. The van der Waals surface area contributed by atoms with Crippen molar-refractivity contribution in [2.75, 3.05) is 0 Å². The van der Waals surface area contributed by atoms with Crippen LogP contribution in [0.15, 0.2) is 48.8 Å². The number of fused-ring (bicyclic) bond motifs is 1. The minimum atomic E-state index is -0.481. The van der Waals surface area contributed by atoms with Gasteiger partial charge in [-0.3, -0.25) is 4.79 Å². The fourth-order valence-electron chi connectivity index (χ4n) is 2.23. The van der Waals surface area contributed by atoms with Gasteiger partial charge in [0.05, 0.1) is 29.5 Å². The highest BCUT2D eigenvalue weighted by atomic mass is 19.1. The van der Waals surface area contributed by atoms with E-state index in [-0.39, 0.29) is 17.9 Å². The van der Waals surface area contributed by atoms with Crippen LogP contribution < -0.4 is 0 Å². The Bertz CT molecular complexity index is 792. The van der Waals surface area contributed by atoms with Gasteiger partial charge in [-0.2, -0.15) is 0 Å². The summed E-state index contributed by atoms with van der Waals surface area (Å²) in [6.07, 6.45) is 1.61. The van der Waals surface area contributed by atoms with Crippen LogP contribution in [0, 0.1) is 12.7 Å². The quantitative estimate of drug-likeness (QED) is 0.683. The van der Waals surface area contributed by atoms with E-state index in [0.29, 0.717) is 0 Å². The number of aromatic nitrogens is 2. The Morgan fingerprint density at radius 1 is 1.25 bits per heavy atom. The summed E-state index contributed by atoms with van der Waals surface area (Å²) < 4.78 is 15.5. The summed E-state index contributed by atoms with van der Waals surface area (Å²) >= 11 is 0. The van der Waals surface area contributed by atoms with E-state index in [1.54, 1.807) is 23.0 Å². The summed E-state index contributed by atoms with van der Waals surface area (Å²) in [4.78, 5) is 16.5. The first-order valence-corrected chi connectivity index (χ1v) is 6.34. The van der Waals surface area contributed by atoms with Gasteiger partial charge in [-0.1, -0.05) is 23.8 Å². The lowest BCUT2D eigenvalue weighted by Crippen LogP contribution is -2.11. The van der Waals surface area contributed by atoms with E-state index in [2.05, 4.69) is 4.98 Å². The van der Waals surface area contributed by atoms with Crippen LogP contribution in [0.4, 0.5) is 4.39 Å². The number of rotatable bonds is 3. The second kappa shape index (κ2) is 4.89. The molecule has 0 saturated heterocycles. The first-order valence-electron chi connectivity index (χ1n) is 6.34. The molecular weight excluding hydrogens is 255 g/mol. The maximum absolute atomic E-state index is 13.7. The molecule has 20 heavy (non-hydrogen) atoms. The lowest BCUT2D eigenvalue weighted by atomic mass is 10.1. The molecule has 2 aromatic carbocycles. The second-order valence-electron chi connectivity index (χ2n) is 4.77. The number of carbonyl (C=O) groups excluding carboxylic acids is 1. The smallest absolute Gasteiger partial charge is 0.185 e. The fourth-order valence-corrected chi connectivity index (χ4v) is 2.23. The van der Waals surface area contributed by atoms with Gasteiger partial charge in [0, 0.05) is 0 Å². The molecule has 0 fully saturated rings. The van der Waals surface area contributed by atoms with Crippen LogP contribution in [0.5, 0.6) is 0 Å². The van der Waals surface area contributed by atoms with Gasteiger partial charge in [-0.25, -0.2) is 9.37 Å². The minimum Gasteiger partial charge on any atom is -0.323 e. The molecule has 1 aromatic heterocycles. The van der Waals surface area contributed by atoms with Crippen LogP contribution in [-0.4, -0.2) is 15.3 Å². The average Bonchev–Trinajstić information content (AvgIpc) is 2.85. The Morgan fingerprint density at radius 2 is 2.05 bits per heavy atom. The zero-order valence-corrected chi connectivity index (χ0v) is 11.0.